The smallest absolute Gasteiger partial charge is 0.119 e. The summed E-state index contributed by atoms with van der Waals surface area (Å²) in [5.74, 6) is 3.58. The highest BCUT2D eigenvalue weighted by Crippen LogP contribution is 2.08. The van der Waals surface area contributed by atoms with Crippen molar-refractivity contribution in [2.24, 2.45) is 0 Å². The molecule has 3 nitrogen and oxygen atoms in total. The molecule has 0 spiro atoms. The molecule has 0 saturated heterocycles. The van der Waals surface area contributed by atoms with E-state index in [2.05, 4.69) is 15.8 Å². The van der Waals surface area contributed by atoms with Crippen LogP contribution in [0.3, 0.4) is 0 Å². The molecular formula is C18H20N2O. The number of hydrogen-bond donors (Lipinski definition) is 0. The van der Waals surface area contributed by atoms with Crippen molar-refractivity contribution in [2.75, 3.05) is 19.7 Å². The number of rotatable bonds is 7. The number of ether oxygens (including phenoxy) is 1. The fourth-order valence-corrected chi connectivity index (χ4v) is 2.07. The van der Waals surface area contributed by atoms with Crippen molar-refractivity contribution >= 4 is 0 Å². The van der Waals surface area contributed by atoms with Gasteiger partial charge < -0.3 is 4.74 Å². The molecule has 0 aliphatic heterocycles. The van der Waals surface area contributed by atoms with Crippen molar-refractivity contribution in [1.29, 1.82) is 0 Å². The molecule has 0 atom stereocenters. The predicted molar refractivity (Wildman–Crippen MR) is 85.0 cm³/mol. The summed E-state index contributed by atoms with van der Waals surface area (Å²) in [7, 11) is 0. The summed E-state index contributed by atoms with van der Waals surface area (Å²) in [6.07, 6.45) is 5.44. The number of terminal acetylenes is 1. The zero-order chi connectivity index (χ0) is 14.9. The van der Waals surface area contributed by atoms with Gasteiger partial charge in [-0.15, -0.1) is 6.42 Å². The Morgan fingerprint density at radius 2 is 1.95 bits per heavy atom. The first-order valence-corrected chi connectivity index (χ1v) is 7.04. The van der Waals surface area contributed by atoms with E-state index < -0.39 is 0 Å². The molecule has 0 fully saturated rings. The van der Waals surface area contributed by atoms with Gasteiger partial charge in [-0.25, -0.2) is 0 Å². The first-order chi connectivity index (χ1) is 10.3. The van der Waals surface area contributed by atoms with Gasteiger partial charge in [0.1, 0.15) is 12.4 Å². The largest absolute Gasteiger partial charge is 0.492 e. The van der Waals surface area contributed by atoms with E-state index in [4.69, 9.17) is 11.2 Å². The van der Waals surface area contributed by atoms with Gasteiger partial charge in [-0.3, -0.25) is 9.88 Å². The number of benzene rings is 1. The Kier molecular flexibility index (Phi) is 5.81. The van der Waals surface area contributed by atoms with Crippen LogP contribution >= 0.6 is 0 Å². The van der Waals surface area contributed by atoms with Gasteiger partial charge in [0.05, 0.1) is 12.2 Å². The van der Waals surface area contributed by atoms with Crippen molar-refractivity contribution in [3.8, 4) is 18.1 Å². The molecule has 0 unspecified atom stereocenters. The molecule has 1 aromatic heterocycles. The molecule has 0 saturated carbocycles. The number of aryl methyl sites for hydroxylation is 1. The second-order valence-electron chi connectivity index (χ2n) is 4.85. The Hall–Kier alpha value is -2.31. The lowest BCUT2D eigenvalue weighted by atomic mass is 10.3. The second kappa shape index (κ2) is 8.08. The maximum absolute atomic E-state index is 5.71. The van der Waals surface area contributed by atoms with Crippen molar-refractivity contribution in [1.82, 2.24) is 9.88 Å². The number of pyridine rings is 1. The van der Waals surface area contributed by atoms with Gasteiger partial charge in [-0.1, -0.05) is 30.2 Å². The van der Waals surface area contributed by atoms with Crippen molar-refractivity contribution in [3.63, 3.8) is 0 Å². The van der Waals surface area contributed by atoms with Crippen LogP contribution in [0.1, 0.15) is 11.4 Å². The Morgan fingerprint density at radius 1 is 1.14 bits per heavy atom. The van der Waals surface area contributed by atoms with Crippen LogP contribution in [0.15, 0.2) is 48.5 Å². The van der Waals surface area contributed by atoms with E-state index in [1.165, 1.54) is 0 Å². The summed E-state index contributed by atoms with van der Waals surface area (Å²) in [4.78, 5) is 6.67. The molecule has 1 heterocycles. The molecular weight excluding hydrogens is 260 g/mol. The average Bonchev–Trinajstić information content (AvgIpc) is 2.48. The molecule has 0 radical (unpaired) electrons. The van der Waals surface area contributed by atoms with Gasteiger partial charge in [0.2, 0.25) is 0 Å². The maximum atomic E-state index is 5.71. The molecule has 2 aromatic rings. The minimum Gasteiger partial charge on any atom is -0.492 e. The van der Waals surface area contributed by atoms with Gasteiger partial charge in [0, 0.05) is 18.8 Å². The van der Waals surface area contributed by atoms with E-state index >= 15 is 0 Å². The lowest BCUT2D eigenvalue weighted by Gasteiger charge is -2.19. The monoisotopic (exact) mass is 280 g/mol. The Bertz CT molecular complexity index is 590. The van der Waals surface area contributed by atoms with Crippen LogP contribution in [0, 0.1) is 19.3 Å². The van der Waals surface area contributed by atoms with Gasteiger partial charge in [0.15, 0.2) is 0 Å². The van der Waals surface area contributed by atoms with Crippen LogP contribution in [0.25, 0.3) is 0 Å². The van der Waals surface area contributed by atoms with Crippen LogP contribution in [-0.2, 0) is 6.54 Å². The second-order valence-corrected chi connectivity index (χ2v) is 4.85. The van der Waals surface area contributed by atoms with Crippen LogP contribution in [0.2, 0.25) is 0 Å². The third-order valence-corrected chi connectivity index (χ3v) is 3.07. The summed E-state index contributed by atoms with van der Waals surface area (Å²) >= 11 is 0. The zero-order valence-electron chi connectivity index (χ0n) is 12.3. The molecule has 0 N–H and O–H groups in total. The zero-order valence-corrected chi connectivity index (χ0v) is 12.3. The lowest BCUT2D eigenvalue weighted by Crippen LogP contribution is -2.29. The third kappa shape index (κ3) is 5.29. The Labute approximate surface area is 126 Å². The van der Waals surface area contributed by atoms with Crippen LogP contribution in [0.5, 0.6) is 5.75 Å². The fraction of sp³-hybridized carbons (Fsp3) is 0.278. The molecule has 3 heteroatoms. The molecule has 108 valence electrons. The minimum atomic E-state index is 0.591. The molecule has 0 aliphatic carbocycles. The number of aromatic nitrogens is 1. The highest BCUT2D eigenvalue weighted by molar-refractivity contribution is 5.20. The summed E-state index contributed by atoms with van der Waals surface area (Å²) in [6.45, 7) is 4.71. The normalized spacial score (nSPS) is 10.3. The first kappa shape index (κ1) is 15.1. The van der Waals surface area contributed by atoms with Gasteiger partial charge in [-0.2, -0.15) is 0 Å². The van der Waals surface area contributed by atoms with E-state index in [-0.39, 0.29) is 0 Å². The van der Waals surface area contributed by atoms with E-state index in [0.29, 0.717) is 13.2 Å². The summed E-state index contributed by atoms with van der Waals surface area (Å²) in [6, 6.07) is 15.8. The molecule has 0 bridgehead atoms. The van der Waals surface area contributed by atoms with E-state index in [1.807, 2.05) is 55.5 Å². The number of nitrogens with zero attached hydrogens (tertiary/aromatic N) is 2. The Morgan fingerprint density at radius 3 is 2.67 bits per heavy atom. The third-order valence-electron chi connectivity index (χ3n) is 3.07. The van der Waals surface area contributed by atoms with Crippen molar-refractivity contribution in [2.45, 2.75) is 13.5 Å². The van der Waals surface area contributed by atoms with E-state index in [1.54, 1.807) is 0 Å². The van der Waals surface area contributed by atoms with Crippen molar-refractivity contribution < 1.29 is 4.74 Å². The van der Waals surface area contributed by atoms with Gasteiger partial charge >= 0.3 is 0 Å². The fourth-order valence-electron chi connectivity index (χ4n) is 2.07. The molecule has 0 aliphatic rings. The van der Waals surface area contributed by atoms with Crippen molar-refractivity contribution in [3.05, 3.63) is 59.9 Å². The lowest BCUT2D eigenvalue weighted by molar-refractivity contribution is 0.218. The van der Waals surface area contributed by atoms with Gasteiger partial charge in [0.25, 0.3) is 0 Å². The highest BCUT2D eigenvalue weighted by atomic mass is 16.5. The number of hydrogen-bond acceptors (Lipinski definition) is 3. The average molecular weight is 280 g/mol. The highest BCUT2D eigenvalue weighted by Gasteiger charge is 2.06. The maximum Gasteiger partial charge on any atom is 0.119 e. The molecule has 21 heavy (non-hydrogen) atoms. The van der Waals surface area contributed by atoms with Crippen LogP contribution in [-0.4, -0.2) is 29.6 Å². The summed E-state index contributed by atoms with van der Waals surface area (Å²) in [5.41, 5.74) is 2.05. The van der Waals surface area contributed by atoms with Gasteiger partial charge in [-0.05, 0) is 31.2 Å². The number of para-hydroxylation sites is 1. The van der Waals surface area contributed by atoms with E-state index in [9.17, 15) is 0 Å². The minimum absolute atomic E-state index is 0.591. The molecule has 0 amide bonds. The SMILES string of the molecule is C#CCN(CCOc1ccccc1)Cc1cccc(C)n1. The molecule has 2 rings (SSSR count). The molecule has 1 aromatic carbocycles. The first-order valence-electron chi connectivity index (χ1n) is 7.04. The van der Waals surface area contributed by atoms with E-state index in [0.717, 1.165) is 30.2 Å². The topological polar surface area (TPSA) is 25.4 Å². The summed E-state index contributed by atoms with van der Waals surface area (Å²) < 4.78 is 5.71. The quantitative estimate of drug-likeness (QED) is 0.729. The predicted octanol–water partition coefficient (Wildman–Crippen LogP) is 2.90. The Balaban J connectivity index is 1.86. The van der Waals surface area contributed by atoms with Crippen LogP contribution in [0.4, 0.5) is 0 Å². The summed E-state index contributed by atoms with van der Waals surface area (Å²) in [5, 5.41) is 0. The standard InChI is InChI=1S/C18H20N2O/c1-3-12-20(15-17-9-7-8-16(2)19-17)13-14-21-18-10-5-4-6-11-18/h1,4-11H,12-15H2,2H3. The van der Waals surface area contributed by atoms with Crippen LogP contribution < -0.4 is 4.74 Å².